The molecular weight excluding hydrogens is 172 g/mol. The fourth-order valence-corrected chi connectivity index (χ4v) is 3.10. The summed E-state index contributed by atoms with van der Waals surface area (Å²) in [7, 11) is 2.20. The number of rotatable bonds is 1. The predicted octanol–water partition coefficient (Wildman–Crippen LogP) is 1.47. The number of hydrogen-bond acceptors (Lipinski definition) is 2. The molecule has 3 rings (SSSR count). The van der Waals surface area contributed by atoms with Crippen LogP contribution in [-0.4, -0.2) is 25.0 Å². The minimum Gasteiger partial charge on any atom is -0.398 e. The molecule has 2 unspecified atom stereocenters. The standard InChI is InChI=1S/C12H16N2/c1-14-7-9-6-12(9,8-14)10-4-2-3-5-11(10)13/h2-5,9H,6-8,13H2,1H3. The summed E-state index contributed by atoms with van der Waals surface area (Å²) in [5, 5.41) is 0. The van der Waals surface area contributed by atoms with Gasteiger partial charge in [-0.2, -0.15) is 0 Å². The number of piperidine rings is 1. The van der Waals surface area contributed by atoms with E-state index in [9.17, 15) is 0 Å². The van der Waals surface area contributed by atoms with Crippen LogP contribution in [0.5, 0.6) is 0 Å². The van der Waals surface area contributed by atoms with Gasteiger partial charge in [-0.1, -0.05) is 18.2 Å². The van der Waals surface area contributed by atoms with Gasteiger partial charge in [-0.25, -0.2) is 0 Å². The molecule has 0 amide bonds. The highest BCUT2D eigenvalue weighted by atomic mass is 15.2. The first-order chi connectivity index (χ1) is 6.72. The van der Waals surface area contributed by atoms with Crippen LogP contribution in [0.4, 0.5) is 5.69 Å². The number of hydrogen-bond donors (Lipinski definition) is 1. The van der Waals surface area contributed by atoms with E-state index in [4.69, 9.17) is 5.73 Å². The number of para-hydroxylation sites is 1. The van der Waals surface area contributed by atoms with Crippen LogP contribution in [0.25, 0.3) is 0 Å². The molecule has 2 heteroatoms. The number of nitrogens with two attached hydrogens (primary N) is 1. The van der Waals surface area contributed by atoms with Crippen molar-refractivity contribution in [2.24, 2.45) is 5.92 Å². The highest BCUT2D eigenvalue weighted by Crippen LogP contribution is 2.59. The Bertz CT molecular complexity index is 374. The zero-order valence-corrected chi connectivity index (χ0v) is 8.53. The van der Waals surface area contributed by atoms with E-state index in [1.165, 1.54) is 25.1 Å². The summed E-state index contributed by atoms with van der Waals surface area (Å²) >= 11 is 0. The Labute approximate surface area is 84.7 Å². The first-order valence-electron chi connectivity index (χ1n) is 5.26. The molecule has 1 aromatic rings. The number of likely N-dealkylation sites (N-methyl/N-ethyl adjacent to an activating group) is 1. The quantitative estimate of drug-likeness (QED) is 0.676. The largest absolute Gasteiger partial charge is 0.398 e. The minimum absolute atomic E-state index is 0.417. The van der Waals surface area contributed by atoms with Crippen molar-refractivity contribution in [1.29, 1.82) is 0 Å². The predicted molar refractivity (Wildman–Crippen MR) is 58.1 cm³/mol. The highest BCUT2D eigenvalue weighted by Gasteiger charge is 2.60. The van der Waals surface area contributed by atoms with E-state index < -0.39 is 0 Å². The Morgan fingerprint density at radius 3 is 2.86 bits per heavy atom. The summed E-state index contributed by atoms with van der Waals surface area (Å²) in [6.45, 7) is 2.43. The zero-order chi connectivity index (χ0) is 9.76. The molecule has 1 heterocycles. The second kappa shape index (κ2) is 2.51. The average molecular weight is 188 g/mol. The SMILES string of the molecule is CN1CC2CC2(c2ccccc2N)C1. The molecule has 2 nitrogen and oxygen atoms in total. The molecule has 1 saturated heterocycles. The fourth-order valence-electron chi connectivity index (χ4n) is 3.10. The van der Waals surface area contributed by atoms with Gasteiger partial charge in [0.1, 0.15) is 0 Å². The van der Waals surface area contributed by atoms with Gasteiger partial charge in [0.15, 0.2) is 0 Å². The van der Waals surface area contributed by atoms with Crippen molar-refractivity contribution in [3.05, 3.63) is 29.8 Å². The number of anilines is 1. The summed E-state index contributed by atoms with van der Waals surface area (Å²) in [6, 6.07) is 8.35. The third kappa shape index (κ3) is 0.947. The normalized spacial score (nSPS) is 35.6. The van der Waals surface area contributed by atoms with E-state index in [0.29, 0.717) is 5.41 Å². The number of fused-ring (bicyclic) bond motifs is 1. The molecule has 2 atom stereocenters. The monoisotopic (exact) mass is 188 g/mol. The lowest BCUT2D eigenvalue weighted by Gasteiger charge is -2.18. The van der Waals surface area contributed by atoms with E-state index in [0.717, 1.165) is 11.6 Å². The van der Waals surface area contributed by atoms with Crippen molar-refractivity contribution in [1.82, 2.24) is 4.90 Å². The van der Waals surface area contributed by atoms with E-state index in [1.807, 2.05) is 12.1 Å². The molecule has 74 valence electrons. The van der Waals surface area contributed by atoms with Crippen LogP contribution in [0.3, 0.4) is 0 Å². The van der Waals surface area contributed by atoms with Crippen molar-refractivity contribution < 1.29 is 0 Å². The average Bonchev–Trinajstić information content (AvgIpc) is 2.71. The Kier molecular flexibility index (Phi) is 1.49. The van der Waals surface area contributed by atoms with Gasteiger partial charge in [0, 0.05) is 24.2 Å². The lowest BCUT2D eigenvalue weighted by molar-refractivity contribution is 0.363. The van der Waals surface area contributed by atoms with Crippen LogP contribution in [-0.2, 0) is 5.41 Å². The summed E-state index contributed by atoms with van der Waals surface area (Å²) in [5.41, 5.74) is 8.82. The molecule has 14 heavy (non-hydrogen) atoms. The van der Waals surface area contributed by atoms with Crippen molar-refractivity contribution in [2.45, 2.75) is 11.8 Å². The van der Waals surface area contributed by atoms with E-state index >= 15 is 0 Å². The number of nitrogen functional groups attached to an aromatic ring is 1. The van der Waals surface area contributed by atoms with Crippen LogP contribution in [0.1, 0.15) is 12.0 Å². The van der Waals surface area contributed by atoms with Crippen molar-refractivity contribution in [3.8, 4) is 0 Å². The summed E-state index contributed by atoms with van der Waals surface area (Å²) in [6.07, 6.45) is 1.34. The minimum atomic E-state index is 0.417. The van der Waals surface area contributed by atoms with Crippen LogP contribution in [0.15, 0.2) is 24.3 Å². The summed E-state index contributed by atoms with van der Waals surface area (Å²) < 4.78 is 0. The van der Waals surface area contributed by atoms with Crippen molar-refractivity contribution in [3.63, 3.8) is 0 Å². The first kappa shape index (κ1) is 8.30. The van der Waals surface area contributed by atoms with Gasteiger partial charge in [0.25, 0.3) is 0 Å². The molecule has 1 aliphatic carbocycles. The van der Waals surface area contributed by atoms with E-state index in [1.54, 1.807) is 0 Å². The van der Waals surface area contributed by atoms with Gasteiger partial charge < -0.3 is 10.6 Å². The Balaban J connectivity index is 2.01. The second-order valence-electron chi connectivity index (χ2n) is 4.84. The van der Waals surface area contributed by atoms with Gasteiger partial charge >= 0.3 is 0 Å². The summed E-state index contributed by atoms with van der Waals surface area (Å²) in [4.78, 5) is 2.42. The summed E-state index contributed by atoms with van der Waals surface area (Å²) in [5.74, 6) is 0.859. The molecule has 0 radical (unpaired) electrons. The number of nitrogens with zero attached hydrogens (tertiary/aromatic N) is 1. The second-order valence-corrected chi connectivity index (χ2v) is 4.84. The molecule has 2 aliphatic rings. The van der Waals surface area contributed by atoms with Gasteiger partial charge in [-0.15, -0.1) is 0 Å². The van der Waals surface area contributed by atoms with E-state index in [-0.39, 0.29) is 0 Å². The lowest BCUT2D eigenvalue weighted by atomic mass is 9.93. The van der Waals surface area contributed by atoms with Gasteiger partial charge in [0.2, 0.25) is 0 Å². The Morgan fingerprint density at radius 2 is 2.21 bits per heavy atom. The third-order valence-electron chi connectivity index (χ3n) is 3.81. The first-order valence-corrected chi connectivity index (χ1v) is 5.26. The van der Waals surface area contributed by atoms with Gasteiger partial charge in [0.05, 0.1) is 0 Å². The zero-order valence-electron chi connectivity index (χ0n) is 8.53. The molecule has 1 aliphatic heterocycles. The van der Waals surface area contributed by atoms with Crippen LogP contribution < -0.4 is 5.73 Å². The number of benzene rings is 1. The van der Waals surface area contributed by atoms with Crippen molar-refractivity contribution in [2.75, 3.05) is 25.9 Å². The fraction of sp³-hybridized carbons (Fsp3) is 0.500. The molecule has 2 fully saturated rings. The number of likely N-dealkylation sites (tertiary alicyclic amines) is 1. The van der Waals surface area contributed by atoms with Crippen LogP contribution in [0, 0.1) is 5.92 Å². The molecule has 0 spiro atoms. The Hall–Kier alpha value is -1.02. The van der Waals surface area contributed by atoms with E-state index in [2.05, 4.69) is 24.1 Å². The molecule has 1 aromatic carbocycles. The maximum atomic E-state index is 6.04. The molecule has 0 aromatic heterocycles. The maximum absolute atomic E-state index is 6.04. The highest BCUT2D eigenvalue weighted by molar-refractivity contribution is 5.55. The molecular formula is C12H16N2. The topological polar surface area (TPSA) is 29.3 Å². The maximum Gasteiger partial charge on any atom is 0.0352 e. The smallest absolute Gasteiger partial charge is 0.0352 e. The lowest BCUT2D eigenvalue weighted by Crippen LogP contribution is -2.22. The molecule has 0 bridgehead atoms. The van der Waals surface area contributed by atoms with Crippen LogP contribution in [0.2, 0.25) is 0 Å². The van der Waals surface area contributed by atoms with Gasteiger partial charge in [-0.05, 0) is 31.0 Å². The van der Waals surface area contributed by atoms with Gasteiger partial charge in [-0.3, -0.25) is 0 Å². The van der Waals surface area contributed by atoms with Crippen LogP contribution >= 0.6 is 0 Å². The Morgan fingerprint density at radius 1 is 1.43 bits per heavy atom. The third-order valence-corrected chi connectivity index (χ3v) is 3.81. The molecule has 1 saturated carbocycles. The van der Waals surface area contributed by atoms with Crippen molar-refractivity contribution >= 4 is 5.69 Å². The molecule has 2 N–H and O–H groups in total.